The standard InChI is InChI=1S/C17H13Cl2F3O5S/c1-26-16(23)11-5-2-10(3-6-11)4-7-12-8-13(18)9-14(19)15(12)27-28(24,25)17(20,21)22/h2-3,5-6,8-9H,4,7H2,1H3. The molecule has 0 fully saturated rings. The molecule has 5 nitrogen and oxygen atoms in total. The lowest BCUT2D eigenvalue weighted by atomic mass is 10.0. The predicted molar refractivity (Wildman–Crippen MR) is 97.3 cm³/mol. The molecule has 0 saturated carbocycles. The molecule has 0 aliphatic rings. The Labute approximate surface area is 169 Å². The van der Waals surface area contributed by atoms with Crippen molar-refractivity contribution in [3.8, 4) is 5.75 Å². The predicted octanol–water partition coefficient (Wildman–Crippen LogP) is 4.79. The third kappa shape index (κ3) is 5.30. The van der Waals surface area contributed by atoms with Crippen molar-refractivity contribution in [3.05, 3.63) is 63.1 Å². The van der Waals surface area contributed by atoms with Crippen LogP contribution in [0.2, 0.25) is 10.0 Å². The van der Waals surface area contributed by atoms with Crippen LogP contribution in [0.15, 0.2) is 36.4 Å². The zero-order chi connectivity index (χ0) is 21.1. The van der Waals surface area contributed by atoms with E-state index in [1.807, 2.05) is 0 Å². The number of ether oxygens (including phenoxy) is 1. The number of carbonyl (C=O) groups is 1. The van der Waals surface area contributed by atoms with Crippen LogP contribution in [-0.4, -0.2) is 27.0 Å². The van der Waals surface area contributed by atoms with Gasteiger partial charge in [0.15, 0.2) is 5.75 Å². The van der Waals surface area contributed by atoms with Crippen molar-refractivity contribution in [1.82, 2.24) is 0 Å². The van der Waals surface area contributed by atoms with Crippen LogP contribution < -0.4 is 4.18 Å². The molecule has 11 heteroatoms. The van der Waals surface area contributed by atoms with Crippen molar-refractivity contribution >= 4 is 39.3 Å². The Hall–Kier alpha value is -1.97. The number of hydrogen-bond donors (Lipinski definition) is 0. The number of alkyl halides is 3. The highest BCUT2D eigenvalue weighted by Gasteiger charge is 2.49. The van der Waals surface area contributed by atoms with Crippen LogP contribution in [0, 0.1) is 0 Å². The van der Waals surface area contributed by atoms with E-state index >= 15 is 0 Å². The number of carbonyl (C=O) groups excluding carboxylic acids is 1. The monoisotopic (exact) mass is 456 g/mol. The molecule has 0 heterocycles. The number of methoxy groups -OCH3 is 1. The first-order valence-corrected chi connectivity index (χ1v) is 9.77. The van der Waals surface area contributed by atoms with E-state index < -0.39 is 27.3 Å². The minimum Gasteiger partial charge on any atom is -0.465 e. The summed E-state index contributed by atoms with van der Waals surface area (Å²) in [5, 5.41) is -0.255. The van der Waals surface area contributed by atoms with Crippen LogP contribution in [0.25, 0.3) is 0 Å². The molecule has 0 amide bonds. The maximum absolute atomic E-state index is 12.6. The van der Waals surface area contributed by atoms with Crippen molar-refractivity contribution in [2.75, 3.05) is 7.11 Å². The summed E-state index contributed by atoms with van der Waals surface area (Å²) in [4.78, 5) is 11.4. The second kappa shape index (κ2) is 8.59. The van der Waals surface area contributed by atoms with Crippen molar-refractivity contribution in [2.45, 2.75) is 18.3 Å². The number of halogens is 5. The van der Waals surface area contributed by atoms with Gasteiger partial charge < -0.3 is 8.92 Å². The summed E-state index contributed by atoms with van der Waals surface area (Å²) in [6.07, 6.45) is 0.376. The minimum absolute atomic E-state index is 0.0839. The maximum atomic E-state index is 12.6. The normalized spacial score (nSPS) is 11.9. The summed E-state index contributed by atoms with van der Waals surface area (Å²) >= 11 is 11.7. The van der Waals surface area contributed by atoms with Crippen LogP contribution in [0.4, 0.5) is 13.2 Å². The van der Waals surface area contributed by atoms with Crippen LogP contribution in [0.1, 0.15) is 21.5 Å². The van der Waals surface area contributed by atoms with Crippen LogP contribution in [0.5, 0.6) is 5.75 Å². The van der Waals surface area contributed by atoms with Gasteiger partial charge in [-0.25, -0.2) is 4.79 Å². The molecule has 2 aromatic carbocycles. The van der Waals surface area contributed by atoms with Gasteiger partial charge in [0.1, 0.15) is 0 Å². The summed E-state index contributed by atoms with van der Waals surface area (Å²) in [6.45, 7) is 0. The van der Waals surface area contributed by atoms with Gasteiger partial charge in [0.2, 0.25) is 0 Å². The summed E-state index contributed by atoms with van der Waals surface area (Å²) in [5.41, 5.74) is -4.45. The number of benzene rings is 2. The smallest absolute Gasteiger partial charge is 0.465 e. The Morgan fingerprint density at radius 2 is 1.68 bits per heavy atom. The van der Waals surface area contributed by atoms with Gasteiger partial charge in [-0.1, -0.05) is 35.3 Å². The second-order valence-corrected chi connectivity index (χ2v) is 7.93. The zero-order valence-corrected chi connectivity index (χ0v) is 16.5. The van der Waals surface area contributed by atoms with Gasteiger partial charge in [0.05, 0.1) is 17.7 Å². The van der Waals surface area contributed by atoms with Gasteiger partial charge in [-0.15, -0.1) is 0 Å². The van der Waals surface area contributed by atoms with E-state index in [0.717, 1.165) is 11.6 Å². The lowest BCUT2D eigenvalue weighted by molar-refractivity contribution is -0.0500. The average molecular weight is 457 g/mol. The Balaban J connectivity index is 2.27. The maximum Gasteiger partial charge on any atom is 0.534 e. The summed E-state index contributed by atoms with van der Waals surface area (Å²) in [5.74, 6) is -1.14. The summed E-state index contributed by atoms with van der Waals surface area (Å²) < 4.78 is 69.4. The Bertz CT molecular complexity index is 974. The SMILES string of the molecule is COC(=O)c1ccc(CCc2cc(Cl)cc(Cl)c2OS(=O)(=O)C(F)(F)F)cc1. The number of aryl methyl sites for hydroxylation is 2. The highest BCUT2D eigenvalue weighted by Crippen LogP contribution is 2.37. The molecule has 0 N–H and O–H groups in total. The largest absolute Gasteiger partial charge is 0.534 e. The number of hydrogen-bond acceptors (Lipinski definition) is 5. The van der Waals surface area contributed by atoms with Gasteiger partial charge >= 0.3 is 21.6 Å². The fourth-order valence-electron chi connectivity index (χ4n) is 2.25. The number of rotatable bonds is 6. The first-order valence-electron chi connectivity index (χ1n) is 7.60. The van der Waals surface area contributed by atoms with E-state index in [2.05, 4.69) is 8.92 Å². The third-order valence-electron chi connectivity index (χ3n) is 3.62. The highest BCUT2D eigenvalue weighted by atomic mass is 35.5. The molecule has 0 aromatic heterocycles. The highest BCUT2D eigenvalue weighted by molar-refractivity contribution is 7.88. The van der Waals surface area contributed by atoms with E-state index in [1.165, 1.54) is 25.3 Å². The van der Waals surface area contributed by atoms with E-state index in [1.54, 1.807) is 12.1 Å². The van der Waals surface area contributed by atoms with Gasteiger partial charge in [-0.3, -0.25) is 0 Å². The molecule has 2 aromatic rings. The summed E-state index contributed by atoms with van der Waals surface area (Å²) in [6, 6.07) is 8.67. The molecule has 0 aliphatic carbocycles. The fourth-order valence-corrected chi connectivity index (χ4v) is 3.38. The molecule has 0 atom stereocenters. The van der Waals surface area contributed by atoms with Crippen LogP contribution >= 0.6 is 23.2 Å². The third-order valence-corrected chi connectivity index (χ3v) is 5.07. The van der Waals surface area contributed by atoms with E-state index in [0.29, 0.717) is 12.0 Å². The Morgan fingerprint density at radius 1 is 1.07 bits per heavy atom. The molecule has 2 rings (SSSR count). The molecular formula is C17H13Cl2F3O5S. The van der Waals surface area contributed by atoms with Gasteiger partial charge in [-0.05, 0) is 48.2 Å². The lowest BCUT2D eigenvalue weighted by Crippen LogP contribution is -2.28. The quantitative estimate of drug-likeness (QED) is 0.355. The van der Waals surface area contributed by atoms with Crippen molar-refractivity contribution < 1.29 is 35.3 Å². The molecular weight excluding hydrogens is 444 g/mol. The lowest BCUT2D eigenvalue weighted by Gasteiger charge is -2.15. The molecule has 152 valence electrons. The van der Waals surface area contributed by atoms with E-state index in [4.69, 9.17) is 23.2 Å². The Kier molecular flexibility index (Phi) is 6.84. The zero-order valence-electron chi connectivity index (χ0n) is 14.2. The first kappa shape index (κ1) is 22.3. The average Bonchev–Trinajstić information content (AvgIpc) is 2.61. The minimum atomic E-state index is -5.89. The molecule has 0 bridgehead atoms. The molecule has 0 spiro atoms. The van der Waals surface area contributed by atoms with Crippen LogP contribution in [-0.2, 0) is 27.7 Å². The first-order chi connectivity index (χ1) is 12.9. The fraction of sp³-hybridized carbons (Fsp3) is 0.235. The van der Waals surface area contributed by atoms with Crippen molar-refractivity contribution in [2.24, 2.45) is 0 Å². The van der Waals surface area contributed by atoms with Gasteiger partial charge in [0, 0.05) is 5.02 Å². The van der Waals surface area contributed by atoms with Crippen molar-refractivity contribution in [3.63, 3.8) is 0 Å². The molecule has 0 unspecified atom stereocenters. The van der Waals surface area contributed by atoms with Gasteiger partial charge in [0.25, 0.3) is 0 Å². The van der Waals surface area contributed by atoms with E-state index in [-0.39, 0.29) is 22.0 Å². The number of esters is 1. The molecule has 0 saturated heterocycles. The summed E-state index contributed by atoms with van der Waals surface area (Å²) in [7, 11) is -4.64. The van der Waals surface area contributed by atoms with Gasteiger partial charge in [-0.2, -0.15) is 21.6 Å². The van der Waals surface area contributed by atoms with E-state index in [9.17, 15) is 26.4 Å². The van der Waals surface area contributed by atoms with Crippen molar-refractivity contribution in [1.29, 1.82) is 0 Å². The second-order valence-electron chi connectivity index (χ2n) is 5.55. The Morgan fingerprint density at radius 3 is 2.21 bits per heavy atom. The van der Waals surface area contributed by atoms with Crippen LogP contribution in [0.3, 0.4) is 0 Å². The molecule has 28 heavy (non-hydrogen) atoms. The molecule has 0 aliphatic heterocycles. The topological polar surface area (TPSA) is 69.7 Å². The molecule has 0 radical (unpaired) electrons.